The van der Waals surface area contributed by atoms with Crippen LogP contribution in [0.3, 0.4) is 0 Å². The number of ether oxygens (including phenoxy) is 2. The lowest BCUT2D eigenvalue weighted by molar-refractivity contribution is -0.0995. The molecule has 17 heavy (non-hydrogen) atoms. The van der Waals surface area contributed by atoms with Crippen LogP contribution in [0.5, 0.6) is 5.75 Å². The van der Waals surface area contributed by atoms with Crippen molar-refractivity contribution < 1.29 is 9.47 Å². The van der Waals surface area contributed by atoms with Crippen molar-refractivity contribution in [1.82, 2.24) is 10.3 Å². The Labute approximate surface area is 102 Å². The van der Waals surface area contributed by atoms with Gasteiger partial charge in [0.15, 0.2) is 0 Å². The zero-order chi connectivity index (χ0) is 12.3. The predicted molar refractivity (Wildman–Crippen MR) is 66.2 cm³/mol. The Balaban J connectivity index is 2.34. The van der Waals surface area contributed by atoms with Gasteiger partial charge in [0.2, 0.25) is 0 Å². The summed E-state index contributed by atoms with van der Waals surface area (Å²) in [7, 11) is 5.39. The van der Waals surface area contributed by atoms with Gasteiger partial charge in [-0.15, -0.1) is 0 Å². The molecule has 0 amide bonds. The molecule has 0 bridgehead atoms. The molecule has 0 aromatic carbocycles. The third-order valence-electron chi connectivity index (χ3n) is 3.71. The van der Waals surface area contributed by atoms with Crippen molar-refractivity contribution in [3.63, 3.8) is 0 Å². The van der Waals surface area contributed by atoms with Crippen LogP contribution >= 0.6 is 0 Å². The summed E-state index contributed by atoms with van der Waals surface area (Å²) in [6, 6.07) is 3.90. The van der Waals surface area contributed by atoms with Gasteiger partial charge in [-0.2, -0.15) is 0 Å². The van der Waals surface area contributed by atoms with E-state index in [1.165, 1.54) is 6.42 Å². The second-order valence-electron chi connectivity index (χ2n) is 4.44. The van der Waals surface area contributed by atoms with Crippen molar-refractivity contribution in [3.8, 4) is 5.75 Å². The van der Waals surface area contributed by atoms with E-state index in [9.17, 15) is 0 Å². The quantitative estimate of drug-likeness (QED) is 0.848. The second kappa shape index (κ2) is 5.02. The largest absolute Gasteiger partial charge is 0.495 e. The molecule has 0 aliphatic heterocycles. The van der Waals surface area contributed by atoms with E-state index in [1.54, 1.807) is 20.4 Å². The summed E-state index contributed by atoms with van der Waals surface area (Å²) in [6.07, 6.45) is 5.13. The van der Waals surface area contributed by atoms with E-state index in [-0.39, 0.29) is 11.6 Å². The van der Waals surface area contributed by atoms with E-state index < -0.39 is 0 Å². The van der Waals surface area contributed by atoms with Gasteiger partial charge in [-0.05, 0) is 38.4 Å². The molecule has 0 radical (unpaired) electrons. The van der Waals surface area contributed by atoms with Crippen molar-refractivity contribution in [1.29, 1.82) is 0 Å². The van der Waals surface area contributed by atoms with Gasteiger partial charge in [0.25, 0.3) is 0 Å². The third kappa shape index (κ3) is 2.03. The van der Waals surface area contributed by atoms with Gasteiger partial charge in [-0.25, -0.2) is 0 Å². The highest BCUT2D eigenvalue weighted by molar-refractivity contribution is 5.32. The van der Waals surface area contributed by atoms with Crippen molar-refractivity contribution in [3.05, 3.63) is 24.0 Å². The summed E-state index contributed by atoms with van der Waals surface area (Å²) in [4.78, 5) is 4.45. The highest BCUT2D eigenvalue weighted by Gasteiger charge is 2.46. The molecule has 2 rings (SSSR count). The Morgan fingerprint density at radius 2 is 2.18 bits per heavy atom. The minimum Gasteiger partial charge on any atom is -0.495 e. The fourth-order valence-electron chi connectivity index (χ4n) is 2.58. The molecule has 0 spiro atoms. The Bertz CT molecular complexity index is 372. The lowest BCUT2D eigenvalue weighted by atomic mass is 9.73. The molecule has 1 aromatic rings. The number of rotatable bonds is 5. The van der Waals surface area contributed by atoms with Gasteiger partial charge >= 0.3 is 0 Å². The number of hydrogen-bond donors (Lipinski definition) is 1. The molecular formula is C13H20N2O2. The van der Waals surface area contributed by atoms with Crippen LogP contribution in [0.25, 0.3) is 0 Å². The van der Waals surface area contributed by atoms with Crippen LogP contribution < -0.4 is 10.1 Å². The minimum atomic E-state index is -0.129. The number of nitrogens with zero attached hydrogens (tertiary/aromatic N) is 1. The monoisotopic (exact) mass is 236 g/mol. The molecule has 1 atom stereocenters. The van der Waals surface area contributed by atoms with Crippen molar-refractivity contribution in [2.24, 2.45) is 0 Å². The smallest absolute Gasteiger partial charge is 0.142 e. The molecule has 1 fully saturated rings. The molecule has 4 heteroatoms. The Morgan fingerprint density at radius 1 is 1.41 bits per heavy atom. The number of hydrogen-bond acceptors (Lipinski definition) is 4. The molecule has 1 aliphatic carbocycles. The average Bonchev–Trinajstić information content (AvgIpc) is 2.33. The fraction of sp³-hybridized carbons (Fsp3) is 0.615. The zero-order valence-corrected chi connectivity index (χ0v) is 10.7. The average molecular weight is 236 g/mol. The normalized spacial score (nSPS) is 19.5. The van der Waals surface area contributed by atoms with Gasteiger partial charge in [0, 0.05) is 13.3 Å². The third-order valence-corrected chi connectivity index (χ3v) is 3.71. The van der Waals surface area contributed by atoms with E-state index in [1.807, 2.05) is 19.2 Å². The first-order valence-corrected chi connectivity index (χ1v) is 5.99. The molecule has 4 nitrogen and oxygen atoms in total. The number of nitrogens with one attached hydrogen (secondary N) is 1. The summed E-state index contributed by atoms with van der Waals surface area (Å²) >= 11 is 0. The number of pyridine rings is 1. The molecule has 1 saturated carbocycles. The number of aromatic nitrogens is 1. The molecule has 1 aliphatic rings. The van der Waals surface area contributed by atoms with Gasteiger partial charge in [-0.1, -0.05) is 0 Å². The van der Waals surface area contributed by atoms with Crippen molar-refractivity contribution >= 4 is 0 Å². The van der Waals surface area contributed by atoms with Crippen molar-refractivity contribution in [2.45, 2.75) is 30.9 Å². The summed E-state index contributed by atoms with van der Waals surface area (Å²) in [5, 5.41) is 3.32. The summed E-state index contributed by atoms with van der Waals surface area (Å²) in [5.74, 6) is 0.815. The van der Waals surface area contributed by atoms with Crippen LogP contribution in [0.15, 0.2) is 18.3 Å². The summed E-state index contributed by atoms with van der Waals surface area (Å²) < 4.78 is 11.1. The highest BCUT2D eigenvalue weighted by atomic mass is 16.5. The molecule has 94 valence electrons. The lowest BCUT2D eigenvalue weighted by Crippen LogP contribution is -2.50. The summed E-state index contributed by atoms with van der Waals surface area (Å²) in [6.45, 7) is 0. The standard InChI is InChI=1S/C13H20N2O2/c1-14-12(13(17-3)7-5-8-13)11-10(16-2)6-4-9-15-11/h4,6,9,12,14H,5,7-8H2,1-3H3. The van der Waals surface area contributed by atoms with E-state index in [0.29, 0.717) is 0 Å². The Morgan fingerprint density at radius 3 is 2.65 bits per heavy atom. The number of likely N-dealkylation sites (N-methyl/N-ethyl adjacent to an activating group) is 1. The lowest BCUT2D eigenvalue weighted by Gasteiger charge is -2.46. The van der Waals surface area contributed by atoms with E-state index in [0.717, 1.165) is 24.3 Å². The maximum atomic E-state index is 5.72. The van der Waals surface area contributed by atoms with E-state index >= 15 is 0 Å². The van der Waals surface area contributed by atoms with Crippen LogP contribution in [-0.2, 0) is 4.74 Å². The van der Waals surface area contributed by atoms with E-state index in [4.69, 9.17) is 9.47 Å². The van der Waals surface area contributed by atoms with Crippen LogP contribution in [0.1, 0.15) is 31.0 Å². The van der Waals surface area contributed by atoms with E-state index in [2.05, 4.69) is 10.3 Å². The van der Waals surface area contributed by atoms with Crippen LogP contribution in [0.4, 0.5) is 0 Å². The SMILES string of the molecule is CNC(c1ncccc1OC)C1(OC)CCC1. The molecule has 1 unspecified atom stereocenters. The molecule has 1 aromatic heterocycles. The zero-order valence-electron chi connectivity index (χ0n) is 10.7. The van der Waals surface area contributed by atoms with Gasteiger partial charge in [0.05, 0.1) is 18.8 Å². The fourth-order valence-corrected chi connectivity index (χ4v) is 2.58. The first-order valence-electron chi connectivity index (χ1n) is 5.99. The van der Waals surface area contributed by atoms with Gasteiger partial charge in [0.1, 0.15) is 11.4 Å². The maximum Gasteiger partial charge on any atom is 0.142 e. The maximum absolute atomic E-state index is 5.72. The van der Waals surface area contributed by atoms with Crippen LogP contribution in [-0.4, -0.2) is 31.9 Å². The number of methoxy groups -OCH3 is 2. The molecular weight excluding hydrogens is 216 g/mol. The molecule has 1 heterocycles. The molecule has 1 N–H and O–H groups in total. The second-order valence-corrected chi connectivity index (χ2v) is 4.44. The van der Waals surface area contributed by atoms with Crippen LogP contribution in [0.2, 0.25) is 0 Å². The molecule has 0 saturated heterocycles. The van der Waals surface area contributed by atoms with Gasteiger partial charge in [-0.3, -0.25) is 4.98 Å². The summed E-state index contributed by atoms with van der Waals surface area (Å²) in [5.41, 5.74) is 0.801. The Kier molecular flexibility index (Phi) is 3.64. The van der Waals surface area contributed by atoms with Gasteiger partial charge < -0.3 is 14.8 Å². The Hall–Kier alpha value is -1.13. The first-order chi connectivity index (χ1) is 8.27. The van der Waals surface area contributed by atoms with Crippen molar-refractivity contribution in [2.75, 3.05) is 21.3 Å². The first kappa shape index (κ1) is 12.3. The highest BCUT2D eigenvalue weighted by Crippen LogP contribution is 2.45. The topological polar surface area (TPSA) is 43.4 Å². The minimum absolute atomic E-state index is 0.0809. The predicted octanol–water partition coefficient (Wildman–Crippen LogP) is 1.92. The van der Waals surface area contributed by atoms with Crippen LogP contribution in [0, 0.1) is 0 Å².